The molecule has 0 aromatic heterocycles. The first kappa shape index (κ1) is 153. The molecule has 129 heavy (non-hydrogen) atoms. The summed E-state index contributed by atoms with van der Waals surface area (Å²) in [5.74, 6) is 0. The van der Waals surface area contributed by atoms with Gasteiger partial charge in [-0.05, 0) is 379 Å². The van der Waals surface area contributed by atoms with Crippen LogP contribution in [0.2, 0.25) is 0 Å². The highest BCUT2D eigenvalue weighted by Crippen LogP contribution is 2.15. The fourth-order valence-corrected chi connectivity index (χ4v) is 7.63. The van der Waals surface area contributed by atoms with E-state index in [9.17, 15) is 30.6 Å². The maximum Gasteiger partial charge on any atom is 0.0900 e. The molecule has 798 valence electrons. The molecule has 0 aliphatic heterocycles. The Morgan fingerprint density at radius 2 is 0.411 bits per heavy atom. The molecule has 0 amide bonds. The number of aliphatic hydroxyl groups excluding tert-OH is 9. The number of hydrogen-bond acceptors (Lipinski definition) is 30. The monoisotopic (exact) mass is 1880 g/mol. The minimum atomic E-state index is -0.528. The average molecular weight is 1880 g/mol. The van der Waals surface area contributed by atoms with Gasteiger partial charge in [0.15, 0.2) is 0 Å². The summed E-state index contributed by atoms with van der Waals surface area (Å²) in [5.41, 5.74) is 3.87. The number of likely N-dealkylation sites (N-methyl/N-ethyl adjacent to an activating group) is 6. The quantitative estimate of drug-likeness (QED) is 0.0252. The molecule has 0 heterocycles. The lowest BCUT2D eigenvalue weighted by atomic mass is 10.2. The Kier molecular flexibility index (Phi) is 102. The summed E-state index contributed by atoms with van der Waals surface area (Å²) in [6.45, 7) is 90.4. The highest BCUT2D eigenvalue weighted by Gasteiger charge is 2.21. The molecular weight excluding hydrogens is 1650 g/mol. The van der Waals surface area contributed by atoms with Crippen LogP contribution >= 0.6 is 0 Å². The fraction of sp³-hybridized carbons (Fsp3) is 1.00. The zero-order chi connectivity index (χ0) is 105. The summed E-state index contributed by atoms with van der Waals surface area (Å²) >= 11 is 0. The first-order chi connectivity index (χ1) is 57.7. The Balaban J connectivity index is -0.000000116. The largest absolute Gasteiger partial charge is 0.391 e. The molecule has 0 aliphatic carbocycles. The average Bonchev–Trinajstić information content (AvgIpc) is 0.928. The van der Waals surface area contributed by atoms with E-state index < -0.39 is 24.4 Å². The fourth-order valence-electron chi connectivity index (χ4n) is 7.63. The third kappa shape index (κ3) is 194. The molecule has 0 fully saturated rings. The van der Waals surface area contributed by atoms with Crippen molar-refractivity contribution in [3.05, 3.63) is 0 Å². The van der Waals surface area contributed by atoms with Gasteiger partial charge >= 0.3 is 0 Å². The van der Waals surface area contributed by atoms with Crippen LogP contribution in [0.4, 0.5) is 0 Å². The molecule has 3 unspecified atom stereocenters. The summed E-state index contributed by atoms with van der Waals surface area (Å²) in [6.07, 6.45) is 2.60. The van der Waals surface area contributed by atoms with E-state index in [1.807, 2.05) is 265 Å². The number of rotatable bonds is 44. The van der Waals surface area contributed by atoms with Crippen LogP contribution in [0.5, 0.6) is 0 Å². The Morgan fingerprint density at radius 1 is 0.233 bits per heavy atom. The highest BCUT2D eigenvalue weighted by atomic mass is 16.5. The van der Waals surface area contributed by atoms with E-state index in [2.05, 4.69) is 109 Å². The van der Waals surface area contributed by atoms with Crippen molar-refractivity contribution in [3.63, 3.8) is 0 Å². The van der Waals surface area contributed by atoms with E-state index in [0.29, 0.717) is 98.7 Å². The zero-order valence-corrected chi connectivity index (χ0v) is 94.6. The maximum absolute atomic E-state index is 9.42. The van der Waals surface area contributed by atoms with E-state index in [4.69, 9.17) is 77.9 Å². The topological polar surface area (TPSA) is 380 Å². The van der Waals surface area contributed by atoms with Crippen LogP contribution in [0, 0.1) is 0 Å². The van der Waals surface area contributed by atoms with E-state index in [-0.39, 0.29) is 104 Å². The number of nitrogens with one attached hydrogen (secondary N) is 4. The van der Waals surface area contributed by atoms with Gasteiger partial charge in [-0.1, -0.05) is 27.2 Å². The predicted octanol–water partition coefficient (Wildman–Crippen LogP) is 12.3. The van der Waals surface area contributed by atoms with Crippen LogP contribution in [-0.2, 0) is 56.8 Å². The van der Waals surface area contributed by atoms with E-state index in [1.165, 1.54) is 12.8 Å². The summed E-state index contributed by atoms with van der Waals surface area (Å²) in [7, 11) is 23.1. The van der Waals surface area contributed by atoms with E-state index in [0.717, 1.165) is 58.6 Å². The van der Waals surface area contributed by atoms with Crippen molar-refractivity contribution in [1.82, 2.24) is 40.9 Å². The van der Waals surface area contributed by atoms with Crippen LogP contribution in [0.15, 0.2) is 0 Å². The third-order valence-corrected chi connectivity index (χ3v) is 14.1. The Morgan fingerprint density at radius 3 is 0.566 bits per heavy atom. The van der Waals surface area contributed by atoms with Gasteiger partial charge in [0.05, 0.1) is 182 Å². The predicted molar refractivity (Wildman–Crippen MR) is 546 cm³/mol. The van der Waals surface area contributed by atoms with E-state index >= 15 is 0 Å². The SMILES string of the molecule is CC(C)(C)OCC(O)CN.CCCCOC(C)(C)C.CC[C@@H](O)COC(C)(C)C.CC[C@H](O)COC(C)(C)C.CN(C)CC(O)COC(C)(C)C.CN(C)CCCOC(C)(C)C.CN(C)C[C@@H](O)COC(C)(C)C.CN(C)C[C@H](O)COC(C)(C)C.CNCC(O)COC(C)(C)C.CNCCCOC(C)(C)C.CNC[C@@H](O)COC(C)(C)C.CNC[C@H](O)COC(C)(C)C. The third-order valence-electron chi connectivity index (χ3n) is 14.1. The second kappa shape index (κ2) is 85.9. The van der Waals surface area contributed by atoms with Crippen LogP contribution in [0.25, 0.3) is 0 Å². The Hall–Kier alpha value is -1.20. The minimum Gasteiger partial charge on any atom is -0.391 e. The number of unbranched alkanes of at least 4 members (excludes halogenated alkanes) is 1. The molecule has 9 atom stereocenters. The van der Waals surface area contributed by atoms with Gasteiger partial charge in [-0.2, -0.15) is 0 Å². The molecule has 30 nitrogen and oxygen atoms in total. The lowest BCUT2D eigenvalue weighted by Gasteiger charge is -2.23. The van der Waals surface area contributed by atoms with Crippen LogP contribution < -0.4 is 27.0 Å². The summed E-state index contributed by atoms with van der Waals surface area (Å²) in [5, 5.41) is 94.8. The Bertz CT molecular complexity index is 2050. The van der Waals surface area contributed by atoms with E-state index in [1.54, 1.807) is 21.1 Å². The van der Waals surface area contributed by atoms with Crippen molar-refractivity contribution < 1.29 is 103 Å². The van der Waals surface area contributed by atoms with Gasteiger partial charge in [-0.15, -0.1) is 0 Å². The second-order valence-corrected chi connectivity index (χ2v) is 45.1. The normalized spacial score (nSPS) is 14.5. The second-order valence-electron chi connectivity index (χ2n) is 45.1. The lowest BCUT2D eigenvalue weighted by molar-refractivity contribution is -0.0534. The highest BCUT2D eigenvalue weighted by molar-refractivity contribution is 4.71. The first-order valence-corrected chi connectivity index (χ1v) is 47.4. The van der Waals surface area contributed by atoms with Gasteiger partial charge in [0.2, 0.25) is 0 Å². The van der Waals surface area contributed by atoms with Gasteiger partial charge in [-0.25, -0.2) is 0 Å². The molecule has 0 saturated heterocycles. The molecule has 0 saturated carbocycles. The summed E-state index contributed by atoms with van der Waals surface area (Å²) in [6, 6.07) is 0. The number of aliphatic hydroxyl groups is 9. The van der Waals surface area contributed by atoms with Crippen molar-refractivity contribution >= 4 is 0 Å². The van der Waals surface area contributed by atoms with Crippen molar-refractivity contribution in [2.45, 2.75) is 431 Å². The molecular formula is C99H231N9O21. The maximum atomic E-state index is 9.42. The van der Waals surface area contributed by atoms with Gasteiger partial charge in [0, 0.05) is 65.6 Å². The van der Waals surface area contributed by atoms with Crippen LogP contribution in [0.3, 0.4) is 0 Å². The Labute approximate surface area is 799 Å². The molecule has 30 heteroatoms. The summed E-state index contributed by atoms with van der Waals surface area (Å²) < 4.78 is 64.7. The zero-order valence-electron chi connectivity index (χ0n) is 94.6. The molecule has 0 radical (unpaired) electrons. The molecule has 0 rings (SSSR count). The van der Waals surface area contributed by atoms with Gasteiger partial charge in [0.1, 0.15) is 0 Å². The molecule has 0 aliphatic rings. The van der Waals surface area contributed by atoms with Gasteiger partial charge in [0.25, 0.3) is 0 Å². The van der Waals surface area contributed by atoms with Crippen molar-refractivity contribution in [2.24, 2.45) is 5.73 Å². The van der Waals surface area contributed by atoms with Crippen molar-refractivity contribution in [1.29, 1.82) is 0 Å². The lowest BCUT2D eigenvalue weighted by Crippen LogP contribution is -2.33. The molecule has 0 aromatic carbocycles. The van der Waals surface area contributed by atoms with Gasteiger partial charge < -0.3 is 149 Å². The first-order valence-electron chi connectivity index (χ1n) is 47.4. The molecule has 15 N–H and O–H groups in total. The van der Waals surface area contributed by atoms with Crippen molar-refractivity contribution in [2.75, 3.05) is 223 Å². The molecule has 0 aromatic rings. The van der Waals surface area contributed by atoms with Crippen LogP contribution in [-0.4, -0.2) is 410 Å². The van der Waals surface area contributed by atoms with Crippen LogP contribution in [0.1, 0.15) is 309 Å². The van der Waals surface area contributed by atoms with Gasteiger partial charge in [-0.3, -0.25) is 0 Å². The minimum absolute atomic E-state index is 0.0202. The molecule has 0 bridgehead atoms. The number of ether oxygens (including phenoxy) is 12. The standard InChI is InChI=1S/3C9H21NO2.C9H21NO.3C8H19NO2.C8H19NO.2C8H18O2.C8H18O.C7H17NO2/c3*1-9(2,3)12-7-8(11)6-10(4)5;1-9(2,3)11-8-6-7-10(4)5;3*1-8(2,3)11-6-7(10)5-9-4;1-8(2,3)10-7-5-6-9-4;2*1-5-7(9)6-10-8(2,3)4;1-5-6-7-9-8(2,3)4;1-7(2,3)10-5-6(9)4-8/h3*8,11H,6-7H2,1-5H3;6-8H2,1-5H3;3*7,9-10H,5-6H2,1-4H3;9H,5-7H2,1-4H3;2*7,9H,5-6H2,1-4H3;5-7H2,1-4H3;6,9H,4-5,8H2,1-3H3/t2*8-;;;2*7-;;;2*7-;;/m10..10..10../s1. The number of hydrogen-bond donors (Lipinski definition) is 14. The summed E-state index contributed by atoms with van der Waals surface area (Å²) in [4.78, 5) is 8.00. The number of nitrogens with zero attached hydrogens (tertiary/aromatic N) is 4. The van der Waals surface area contributed by atoms with Crippen molar-refractivity contribution in [3.8, 4) is 0 Å². The molecule has 0 spiro atoms. The number of nitrogens with two attached hydrogens (primary N) is 1. The smallest absolute Gasteiger partial charge is 0.0900 e.